The highest BCUT2D eigenvalue weighted by molar-refractivity contribution is 7.08. The normalized spacial score (nSPS) is 15.4. The lowest BCUT2D eigenvalue weighted by molar-refractivity contribution is 0.0747. The largest absolute Gasteiger partial charge is 0.366 e. The van der Waals surface area contributed by atoms with Gasteiger partial charge in [-0.1, -0.05) is 12.1 Å². The third-order valence-electron chi connectivity index (χ3n) is 3.53. The van der Waals surface area contributed by atoms with Crippen molar-refractivity contribution in [3.05, 3.63) is 52.5 Å². The van der Waals surface area contributed by atoms with E-state index < -0.39 is 0 Å². The van der Waals surface area contributed by atoms with Crippen LogP contribution in [0, 0.1) is 5.82 Å². The molecule has 1 aromatic heterocycles. The molecule has 5 heteroatoms. The van der Waals surface area contributed by atoms with E-state index in [-0.39, 0.29) is 11.7 Å². The Balaban J connectivity index is 1.65. The highest BCUT2D eigenvalue weighted by Crippen LogP contribution is 2.21. The molecule has 0 saturated carbocycles. The molecule has 20 heavy (non-hydrogen) atoms. The summed E-state index contributed by atoms with van der Waals surface area (Å²) in [6.45, 7) is 2.58. The van der Waals surface area contributed by atoms with Crippen LogP contribution in [0.15, 0.2) is 41.1 Å². The first-order valence-corrected chi connectivity index (χ1v) is 7.51. The molecule has 0 atom stereocenters. The molecule has 3 nitrogen and oxygen atoms in total. The first-order valence-electron chi connectivity index (χ1n) is 6.56. The summed E-state index contributed by atoms with van der Waals surface area (Å²) in [6.07, 6.45) is 0. The van der Waals surface area contributed by atoms with Gasteiger partial charge in [0.2, 0.25) is 0 Å². The Bertz CT molecular complexity index is 592. The molecule has 0 aliphatic carbocycles. The second-order valence-corrected chi connectivity index (χ2v) is 5.52. The van der Waals surface area contributed by atoms with Gasteiger partial charge in [-0.25, -0.2) is 4.39 Å². The van der Waals surface area contributed by atoms with E-state index in [1.807, 2.05) is 32.7 Å². The van der Waals surface area contributed by atoms with Crippen LogP contribution in [-0.2, 0) is 0 Å². The van der Waals surface area contributed by atoms with Crippen LogP contribution in [0.25, 0.3) is 0 Å². The van der Waals surface area contributed by atoms with Gasteiger partial charge in [0.05, 0.1) is 11.3 Å². The van der Waals surface area contributed by atoms with Gasteiger partial charge < -0.3 is 9.80 Å². The Morgan fingerprint density at radius 3 is 2.50 bits per heavy atom. The predicted molar refractivity (Wildman–Crippen MR) is 78.8 cm³/mol. The highest BCUT2D eigenvalue weighted by atomic mass is 32.1. The fraction of sp³-hybridized carbons (Fsp3) is 0.267. The van der Waals surface area contributed by atoms with Crippen LogP contribution in [-0.4, -0.2) is 37.0 Å². The quantitative estimate of drug-likeness (QED) is 0.849. The minimum Gasteiger partial charge on any atom is -0.366 e. The van der Waals surface area contributed by atoms with E-state index in [4.69, 9.17) is 0 Å². The van der Waals surface area contributed by atoms with E-state index in [1.165, 1.54) is 17.4 Å². The molecule has 1 aromatic carbocycles. The summed E-state index contributed by atoms with van der Waals surface area (Å²) in [4.78, 5) is 16.0. The molecule has 0 N–H and O–H groups in total. The zero-order chi connectivity index (χ0) is 13.9. The molecular weight excluding hydrogens is 275 g/mol. The minimum absolute atomic E-state index is 0.0689. The molecule has 0 bridgehead atoms. The summed E-state index contributed by atoms with van der Waals surface area (Å²) < 4.78 is 13.7. The molecule has 1 aliphatic rings. The Morgan fingerprint density at radius 1 is 1.10 bits per heavy atom. The van der Waals surface area contributed by atoms with E-state index in [0.717, 1.165) is 5.56 Å². The third-order valence-corrected chi connectivity index (χ3v) is 4.21. The zero-order valence-corrected chi connectivity index (χ0v) is 11.8. The van der Waals surface area contributed by atoms with Crippen LogP contribution >= 0.6 is 11.3 Å². The summed E-state index contributed by atoms with van der Waals surface area (Å²) in [5.41, 5.74) is 1.37. The van der Waals surface area contributed by atoms with Crippen LogP contribution < -0.4 is 4.90 Å². The minimum atomic E-state index is -0.204. The van der Waals surface area contributed by atoms with E-state index in [2.05, 4.69) is 0 Å². The molecular formula is C15H15FN2OS. The summed E-state index contributed by atoms with van der Waals surface area (Å²) in [5.74, 6) is -0.135. The van der Waals surface area contributed by atoms with E-state index in [1.54, 1.807) is 12.1 Å². The molecule has 0 radical (unpaired) electrons. The van der Waals surface area contributed by atoms with Gasteiger partial charge in [0.25, 0.3) is 5.91 Å². The number of rotatable bonds is 2. The first-order chi connectivity index (χ1) is 9.75. The van der Waals surface area contributed by atoms with Gasteiger partial charge in [-0.15, -0.1) is 0 Å². The van der Waals surface area contributed by atoms with Crippen LogP contribution in [0.2, 0.25) is 0 Å². The van der Waals surface area contributed by atoms with Crippen molar-refractivity contribution < 1.29 is 9.18 Å². The standard InChI is InChI=1S/C15H15FN2OS/c16-13-3-1-2-4-14(13)17-6-8-18(9-7-17)15(19)12-5-10-20-11-12/h1-5,10-11H,6-9H2. The smallest absolute Gasteiger partial charge is 0.254 e. The number of halogens is 1. The lowest BCUT2D eigenvalue weighted by Gasteiger charge is -2.36. The van der Waals surface area contributed by atoms with Gasteiger partial charge in [0, 0.05) is 31.6 Å². The van der Waals surface area contributed by atoms with Gasteiger partial charge in [0.15, 0.2) is 0 Å². The summed E-state index contributed by atoms with van der Waals surface area (Å²) >= 11 is 1.52. The lowest BCUT2D eigenvalue weighted by atomic mass is 10.2. The molecule has 0 spiro atoms. The number of piperazine rings is 1. The monoisotopic (exact) mass is 290 g/mol. The fourth-order valence-corrected chi connectivity index (χ4v) is 3.06. The molecule has 3 rings (SSSR count). The van der Waals surface area contributed by atoms with E-state index >= 15 is 0 Å². The van der Waals surface area contributed by atoms with Crippen LogP contribution in [0.1, 0.15) is 10.4 Å². The van der Waals surface area contributed by atoms with E-state index in [9.17, 15) is 9.18 Å². The van der Waals surface area contributed by atoms with Crippen LogP contribution in [0.3, 0.4) is 0 Å². The number of hydrogen-bond acceptors (Lipinski definition) is 3. The lowest BCUT2D eigenvalue weighted by Crippen LogP contribution is -2.49. The topological polar surface area (TPSA) is 23.6 Å². The second-order valence-electron chi connectivity index (χ2n) is 4.74. The number of benzene rings is 1. The van der Waals surface area contributed by atoms with Gasteiger partial charge in [-0.3, -0.25) is 4.79 Å². The number of carbonyl (C=O) groups is 1. The second kappa shape index (κ2) is 5.63. The zero-order valence-electron chi connectivity index (χ0n) is 11.0. The number of amides is 1. The fourth-order valence-electron chi connectivity index (χ4n) is 2.43. The number of thiophene rings is 1. The molecule has 2 aromatic rings. The maximum Gasteiger partial charge on any atom is 0.254 e. The first kappa shape index (κ1) is 13.1. The summed E-state index contributed by atoms with van der Waals surface area (Å²) in [6, 6.07) is 8.62. The molecule has 2 heterocycles. The highest BCUT2D eigenvalue weighted by Gasteiger charge is 2.23. The molecule has 0 unspecified atom stereocenters. The number of hydrogen-bond donors (Lipinski definition) is 0. The summed E-state index contributed by atoms with van der Waals surface area (Å²) in [5, 5.41) is 3.77. The number of para-hydroxylation sites is 1. The maximum absolute atomic E-state index is 13.7. The molecule has 1 saturated heterocycles. The van der Waals surface area contributed by atoms with E-state index in [0.29, 0.717) is 31.9 Å². The average Bonchev–Trinajstić information content (AvgIpc) is 3.01. The van der Waals surface area contributed by atoms with Crippen molar-refractivity contribution in [2.45, 2.75) is 0 Å². The van der Waals surface area contributed by atoms with Crippen molar-refractivity contribution in [3.8, 4) is 0 Å². The van der Waals surface area contributed by atoms with Gasteiger partial charge in [-0.2, -0.15) is 11.3 Å². The molecule has 1 amide bonds. The number of nitrogens with zero attached hydrogens (tertiary/aromatic N) is 2. The van der Waals surface area contributed by atoms with Crippen LogP contribution in [0.4, 0.5) is 10.1 Å². The van der Waals surface area contributed by atoms with Crippen molar-refractivity contribution >= 4 is 22.9 Å². The van der Waals surface area contributed by atoms with Crippen molar-refractivity contribution in [1.29, 1.82) is 0 Å². The van der Waals surface area contributed by atoms with Gasteiger partial charge in [0.1, 0.15) is 5.82 Å². The SMILES string of the molecule is O=C(c1ccsc1)N1CCN(c2ccccc2F)CC1. The summed E-state index contributed by atoms with van der Waals surface area (Å²) in [7, 11) is 0. The molecule has 1 fully saturated rings. The van der Waals surface area contributed by atoms with Gasteiger partial charge >= 0.3 is 0 Å². The average molecular weight is 290 g/mol. The predicted octanol–water partition coefficient (Wildman–Crippen LogP) is 2.85. The van der Waals surface area contributed by atoms with Crippen LogP contribution in [0.5, 0.6) is 0 Å². The molecule has 1 aliphatic heterocycles. The molecule has 104 valence electrons. The maximum atomic E-state index is 13.7. The Hall–Kier alpha value is -1.88. The Kier molecular flexibility index (Phi) is 3.69. The number of carbonyl (C=O) groups excluding carboxylic acids is 1. The third kappa shape index (κ3) is 2.54. The van der Waals surface area contributed by atoms with Crippen molar-refractivity contribution in [3.63, 3.8) is 0 Å². The van der Waals surface area contributed by atoms with Crippen molar-refractivity contribution in [1.82, 2.24) is 4.90 Å². The number of anilines is 1. The Morgan fingerprint density at radius 2 is 1.85 bits per heavy atom. The van der Waals surface area contributed by atoms with Crippen molar-refractivity contribution in [2.24, 2.45) is 0 Å². The van der Waals surface area contributed by atoms with Gasteiger partial charge in [-0.05, 0) is 23.6 Å². The van der Waals surface area contributed by atoms with Crippen molar-refractivity contribution in [2.75, 3.05) is 31.1 Å². The Labute approximate surface area is 121 Å².